The summed E-state index contributed by atoms with van der Waals surface area (Å²) < 4.78 is 14.8. The Kier molecular flexibility index (Phi) is 4.34. The lowest BCUT2D eigenvalue weighted by Crippen LogP contribution is -2.44. The zero-order valence-electron chi connectivity index (χ0n) is 12.4. The van der Waals surface area contributed by atoms with Crippen molar-refractivity contribution in [2.45, 2.75) is 38.6 Å². The van der Waals surface area contributed by atoms with E-state index in [9.17, 15) is 4.39 Å². The SMILES string of the molecule is CCCN(CC1CCCCN1)c1nc2ccc(F)cn2n1. The molecule has 3 heterocycles. The van der Waals surface area contributed by atoms with Gasteiger partial charge in [0.2, 0.25) is 5.95 Å². The molecule has 3 rings (SSSR count). The average molecular weight is 291 g/mol. The van der Waals surface area contributed by atoms with Gasteiger partial charge in [0.15, 0.2) is 5.65 Å². The highest BCUT2D eigenvalue weighted by Gasteiger charge is 2.19. The third kappa shape index (κ3) is 3.32. The van der Waals surface area contributed by atoms with Crippen LogP contribution in [-0.4, -0.2) is 40.3 Å². The zero-order valence-corrected chi connectivity index (χ0v) is 12.4. The van der Waals surface area contributed by atoms with E-state index in [2.05, 4.69) is 27.2 Å². The van der Waals surface area contributed by atoms with Gasteiger partial charge in [-0.05, 0) is 37.9 Å². The Labute approximate surface area is 124 Å². The maximum Gasteiger partial charge on any atom is 0.245 e. The second-order valence-corrected chi connectivity index (χ2v) is 5.65. The predicted molar refractivity (Wildman–Crippen MR) is 81.1 cm³/mol. The molecule has 1 N–H and O–H groups in total. The fraction of sp³-hybridized carbons (Fsp3) is 0.600. The lowest BCUT2D eigenvalue weighted by molar-refractivity contribution is 0.397. The van der Waals surface area contributed by atoms with Crippen LogP contribution < -0.4 is 10.2 Å². The van der Waals surface area contributed by atoms with Crippen LogP contribution in [0.4, 0.5) is 10.3 Å². The molecule has 1 aliphatic rings. The van der Waals surface area contributed by atoms with E-state index in [0.29, 0.717) is 17.6 Å². The van der Waals surface area contributed by atoms with Crippen molar-refractivity contribution in [3.63, 3.8) is 0 Å². The van der Waals surface area contributed by atoms with Gasteiger partial charge in [0, 0.05) is 19.1 Å². The summed E-state index contributed by atoms with van der Waals surface area (Å²) in [6.07, 6.45) is 6.14. The molecule has 0 amide bonds. The van der Waals surface area contributed by atoms with E-state index in [0.717, 1.165) is 26.1 Å². The Morgan fingerprint density at radius 2 is 2.33 bits per heavy atom. The Balaban J connectivity index is 1.80. The topological polar surface area (TPSA) is 45.5 Å². The number of rotatable bonds is 5. The largest absolute Gasteiger partial charge is 0.338 e. The van der Waals surface area contributed by atoms with Crippen LogP contribution in [0.5, 0.6) is 0 Å². The van der Waals surface area contributed by atoms with Crippen LogP contribution in [0.15, 0.2) is 18.3 Å². The van der Waals surface area contributed by atoms with Gasteiger partial charge in [-0.25, -0.2) is 8.91 Å². The van der Waals surface area contributed by atoms with Crippen molar-refractivity contribution in [1.29, 1.82) is 0 Å². The van der Waals surface area contributed by atoms with E-state index in [1.54, 1.807) is 6.07 Å². The van der Waals surface area contributed by atoms with Crippen molar-refractivity contribution in [3.8, 4) is 0 Å². The van der Waals surface area contributed by atoms with Crippen molar-refractivity contribution in [2.75, 3.05) is 24.5 Å². The summed E-state index contributed by atoms with van der Waals surface area (Å²) in [5.41, 5.74) is 0.684. The van der Waals surface area contributed by atoms with Gasteiger partial charge in [0.1, 0.15) is 5.82 Å². The molecule has 1 unspecified atom stereocenters. The molecule has 0 radical (unpaired) electrons. The van der Waals surface area contributed by atoms with Gasteiger partial charge in [-0.3, -0.25) is 0 Å². The minimum absolute atomic E-state index is 0.296. The lowest BCUT2D eigenvalue weighted by Gasteiger charge is -2.29. The molecule has 6 heteroatoms. The van der Waals surface area contributed by atoms with Crippen molar-refractivity contribution in [1.82, 2.24) is 19.9 Å². The Morgan fingerprint density at radius 3 is 3.10 bits per heavy atom. The molecule has 0 spiro atoms. The van der Waals surface area contributed by atoms with E-state index in [1.807, 2.05) is 0 Å². The van der Waals surface area contributed by atoms with Gasteiger partial charge in [0.25, 0.3) is 0 Å². The first-order chi connectivity index (χ1) is 10.3. The molecule has 0 saturated carbocycles. The molecule has 2 aromatic rings. The van der Waals surface area contributed by atoms with Gasteiger partial charge in [0.05, 0.1) is 6.20 Å². The summed E-state index contributed by atoms with van der Waals surface area (Å²) in [5, 5.41) is 7.98. The summed E-state index contributed by atoms with van der Waals surface area (Å²) >= 11 is 0. The number of aromatic nitrogens is 3. The van der Waals surface area contributed by atoms with Gasteiger partial charge in [-0.2, -0.15) is 4.98 Å². The monoisotopic (exact) mass is 291 g/mol. The Bertz CT molecular complexity index is 591. The molecule has 0 aliphatic carbocycles. The highest BCUT2D eigenvalue weighted by Crippen LogP contribution is 2.15. The van der Waals surface area contributed by atoms with Gasteiger partial charge in [-0.15, -0.1) is 5.10 Å². The Hall–Kier alpha value is -1.69. The molecule has 0 bridgehead atoms. The molecular weight excluding hydrogens is 269 g/mol. The smallest absolute Gasteiger partial charge is 0.245 e. The highest BCUT2D eigenvalue weighted by atomic mass is 19.1. The maximum atomic E-state index is 13.3. The van der Waals surface area contributed by atoms with Crippen LogP contribution in [0.2, 0.25) is 0 Å². The van der Waals surface area contributed by atoms with Gasteiger partial charge in [-0.1, -0.05) is 13.3 Å². The molecule has 1 fully saturated rings. The highest BCUT2D eigenvalue weighted by molar-refractivity contribution is 5.44. The summed E-state index contributed by atoms with van der Waals surface area (Å²) in [6.45, 7) is 5.07. The van der Waals surface area contributed by atoms with Crippen LogP contribution in [0.1, 0.15) is 32.6 Å². The summed E-state index contributed by atoms with van der Waals surface area (Å²) in [4.78, 5) is 6.72. The number of hydrogen-bond acceptors (Lipinski definition) is 4. The molecule has 21 heavy (non-hydrogen) atoms. The summed E-state index contributed by atoms with van der Waals surface area (Å²) in [7, 11) is 0. The van der Waals surface area contributed by atoms with Crippen LogP contribution in [0, 0.1) is 5.82 Å². The third-order valence-corrected chi connectivity index (χ3v) is 3.91. The number of pyridine rings is 1. The number of halogens is 1. The van der Waals surface area contributed by atoms with Crippen molar-refractivity contribution in [3.05, 3.63) is 24.1 Å². The van der Waals surface area contributed by atoms with Crippen molar-refractivity contribution in [2.24, 2.45) is 0 Å². The van der Waals surface area contributed by atoms with E-state index in [4.69, 9.17) is 0 Å². The quantitative estimate of drug-likeness (QED) is 0.917. The maximum absolute atomic E-state index is 13.3. The number of anilines is 1. The normalized spacial score (nSPS) is 19.0. The van der Waals surface area contributed by atoms with E-state index >= 15 is 0 Å². The molecule has 5 nitrogen and oxygen atoms in total. The number of fused-ring (bicyclic) bond motifs is 1. The van der Waals surface area contributed by atoms with Crippen LogP contribution in [0.3, 0.4) is 0 Å². The van der Waals surface area contributed by atoms with Gasteiger partial charge < -0.3 is 10.2 Å². The standard InChI is InChI=1S/C15H22FN5/c1-2-9-20(11-13-5-3-4-8-17-13)15-18-14-7-6-12(16)10-21(14)19-15/h6-7,10,13,17H,2-5,8-9,11H2,1H3. The van der Waals surface area contributed by atoms with Crippen LogP contribution in [0.25, 0.3) is 5.65 Å². The van der Waals surface area contributed by atoms with Crippen molar-refractivity contribution < 1.29 is 4.39 Å². The molecule has 1 atom stereocenters. The molecule has 1 saturated heterocycles. The second kappa shape index (κ2) is 6.39. The first-order valence-corrected chi connectivity index (χ1v) is 7.76. The minimum Gasteiger partial charge on any atom is -0.338 e. The second-order valence-electron chi connectivity index (χ2n) is 5.65. The van der Waals surface area contributed by atoms with Gasteiger partial charge >= 0.3 is 0 Å². The minimum atomic E-state index is -0.296. The van der Waals surface area contributed by atoms with Crippen molar-refractivity contribution >= 4 is 11.6 Å². The van der Waals surface area contributed by atoms with E-state index in [-0.39, 0.29) is 5.82 Å². The molecule has 0 aromatic carbocycles. The van der Waals surface area contributed by atoms with E-state index in [1.165, 1.54) is 36.0 Å². The average Bonchev–Trinajstić information content (AvgIpc) is 2.91. The number of nitrogens with one attached hydrogen (secondary N) is 1. The first-order valence-electron chi connectivity index (χ1n) is 7.76. The first kappa shape index (κ1) is 14.3. The molecule has 1 aliphatic heterocycles. The molecule has 114 valence electrons. The number of piperidine rings is 1. The molecule has 2 aromatic heterocycles. The summed E-state index contributed by atoms with van der Waals surface area (Å²) in [6, 6.07) is 3.57. The lowest BCUT2D eigenvalue weighted by atomic mass is 10.0. The third-order valence-electron chi connectivity index (χ3n) is 3.91. The molecular formula is C15H22FN5. The van der Waals surface area contributed by atoms with Crippen LogP contribution in [-0.2, 0) is 0 Å². The zero-order chi connectivity index (χ0) is 14.7. The summed E-state index contributed by atoms with van der Waals surface area (Å²) in [5.74, 6) is 0.393. The van der Waals surface area contributed by atoms with E-state index < -0.39 is 0 Å². The van der Waals surface area contributed by atoms with Crippen LogP contribution >= 0.6 is 0 Å². The fourth-order valence-corrected chi connectivity index (χ4v) is 2.87. The Morgan fingerprint density at radius 1 is 1.43 bits per heavy atom. The number of hydrogen-bond donors (Lipinski definition) is 1. The predicted octanol–water partition coefficient (Wildman–Crippen LogP) is 2.23. The fourth-order valence-electron chi connectivity index (χ4n) is 2.87. The number of nitrogens with zero attached hydrogens (tertiary/aromatic N) is 4.